The topological polar surface area (TPSA) is 47.3 Å². The molecule has 0 bridgehead atoms. The quantitative estimate of drug-likeness (QED) is 0.880. The summed E-state index contributed by atoms with van der Waals surface area (Å²) in [4.78, 5) is 4.39. The van der Waals surface area contributed by atoms with Gasteiger partial charge in [0.25, 0.3) is 0 Å². The van der Waals surface area contributed by atoms with Crippen LogP contribution in [0.25, 0.3) is 11.1 Å². The van der Waals surface area contributed by atoms with Gasteiger partial charge in [0.1, 0.15) is 12.1 Å². The molecule has 0 spiro atoms. The SMILES string of the molecule is c1ccc2oc(COC3CCNCC3)nc2c1. The average Bonchev–Trinajstić information content (AvgIpc) is 2.80. The van der Waals surface area contributed by atoms with Crippen LogP contribution in [0.5, 0.6) is 0 Å². The third-order valence-corrected chi connectivity index (χ3v) is 3.07. The van der Waals surface area contributed by atoms with Crippen molar-refractivity contribution in [1.82, 2.24) is 10.3 Å². The summed E-state index contributed by atoms with van der Waals surface area (Å²) in [5.74, 6) is 0.671. The number of ether oxygens (including phenoxy) is 1. The number of nitrogens with zero attached hydrogens (tertiary/aromatic N) is 1. The standard InChI is InChI=1S/C13H16N2O2/c1-2-4-12-11(3-1)15-13(17-12)9-16-10-5-7-14-8-6-10/h1-4,10,14H,5-9H2. The van der Waals surface area contributed by atoms with Gasteiger partial charge in [-0.15, -0.1) is 0 Å². The van der Waals surface area contributed by atoms with Gasteiger partial charge in [-0.2, -0.15) is 0 Å². The number of benzene rings is 1. The molecule has 1 aliphatic heterocycles. The third kappa shape index (κ3) is 2.48. The van der Waals surface area contributed by atoms with Crippen molar-refractivity contribution in [2.45, 2.75) is 25.6 Å². The molecule has 2 heterocycles. The first-order valence-corrected chi connectivity index (χ1v) is 6.08. The lowest BCUT2D eigenvalue weighted by Gasteiger charge is -2.22. The molecule has 1 fully saturated rings. The Hall–Kier alpha value is -1.39. The van der Waals surface area contributed by atoms with Gasteiger partial charge in [-0.05, 0) is 38.1 Å². The zero-order valence-electron chi connectivity index (χ0n) is 9.69. The normalized spacial score (nSPS) is 17.6. The number of hydrogen-bond donors (Lipinski definition) is 1. The lowest BCUT2D eigenvalue weighted by atomic mass is 10.1. The fourth-order valence-electron chi connectivity index (χ4n) is 2.13. The highest BCUT2D eigenvalue weighted by Gasteiger charge is 2.14. The lowest BCUT2D eigenvalue weighted by molar-refractivity contribution is 0.0113. The molecule has 1 saturated heterocycles. The Labute approximate surface area is 100.0 Å². The van der Waals surface area contributed by atoms with Crippen LogP contribution in [0.3, 0.4) is 0 Å². The molecule has 0 amide bonds. The molecule has 0 aliphatic carbocycles. The number of para-hydroxylation sites is 2. The molecule has 0 radical (unpaired) electrons. The number of piperidine rings is 1. The lowest BCUT2D eigenvalue weighted by Crippen LogP contribution is -2.32. The van der Waals surface area contributed by atoms with Crippen molar-refractivity contribution in [2.75, 3.05) is 13.1 Å². The molecule has 90 valence electrons. The van der Waals surface area contributed by atoms with E-state index in [0.29, 0.717) is 18.6 Å². The Morgan fingerprint density at radius 2 is 2.12 bits per heavy atom. The van der Waals surface area contributed by atoms with Gasteiger partial charge < -0.3 is 14.5 Å². The van der Waals surface area contributed by atoms with E-state index in [4.69, 9.17) is 9.15 Å². The maximum Gasteiger partial charge on any atom is 0.221 e. The van der Waals surface area contributed by atoms with Crippen LogP contribution in [0.4, 0.5) is 0 Å². The van der Waals surface area contributed by atoms with Crippen LogP contribution in [0.1, 0.15) is 18.7 Å². The number of rotatable bonds is 3. The number of nitrogens with one attached hydrogen (secondary N) is 1. The maximum absolute atomic E-state index is 5.80. The first-order valence-electron chi connectivity index (χ1n) is 6.08. The van der Waals surface area contributed by atoms with Gasteiger partial charge in [-0.25, -0.2) is 4.98 Å². The first kappa shape index (κ1) is 10.7. The van der Waals surface area contributed by atoms with E-state index in [1.165, 1.54) is 0 Å². The van der Waals surface area contributed by atoms with Crippen LogP contribution in [0, 0.1) is 0 Å². The second-order valence-electron chi connectivity index (χ2n) is 4.34. The molecule has 4 nitrogen and oxygen atoms in total. The van der Waals surface area contributed by atoms with E-state index in [-0.39, 0.29) is 0 Å². The van der Waals surface area contributed by atoms with Crippen molar-refractivity contribution in [3.63, 3.8) is 0 Å². The van der Waals surface area contributed by atoms with Gasteiger partial charge >= 0.3 is 0 Å². The summed E-state index contributed by atoms with van der Waals surface area (Å²) in [6.45, 7) is 2.55. The Bertz CT molecular complexity index is 456. The third-order valence-electron chi connectivity index (χ3n) is 3.07. The molecule has 4 heteroatoms. The van der Waals surface area contributed by atoms with Gasteiger partial charge in [0.2, 0.25) is 5.89 Å². The van der Waals surface area contributed by atoms with E-state index < -0.39 is 0 Å². The highest BCUT2D eigenvalue weighted by Crippen LogP contribution is 2.16. The summed E-state index contributed by atoms with van der Waals surface area (Å²) in [5.41, 5.74) is 1.73. The van der Waals surface area contributed by atoms with Crippen molar-refractivity contribution >= 4 is 11.1 Å². The summed E-state index contributed by atoms with van der Waals surface area (Å²) in [6.07, 6.45) is 2.48. The van der Waals surface area contributed by atoms with Crippen molar-refractivity contribution in [2.24, 2.45) is 0 Å². The van der Waals surface area contributed by atoms with Crippen LogP contribution in [0.15, 0.2) is 28.7 Å². The molecule has 1 aromatic heterocycles. The summed E-state index contributed by atoms with van der Waals surface area (Å²) in [5, 5.41) is 3.32. The minimum Gasteiger partial charge on any atom is -0.438 e. The monoisotopic (exact) mass is 232 g/mol. The van der Waals surface area contributed by atoms with Crippen LogP contribution in [-0.4, -0.2) is 24.2 Å². The fraction of sp³-hybridized carbons (Fsp3) is 0.462. The van der Waals surface area contributed by atoms with Crippen molar-refractivity contribution in [3.8, 4) is 0 Å². The Kier molecular flexibility index (Phi) is 3.07. The summed E-state index contributed by atoms with van der Waals surface area (Å²) < 4.78 is 11.4. The molecular weight excluding hydrogens is 216 g/mol. The Morgan fingerprint density at radius 1 is 1.29 bits per heavy atom. The highest BCUT2D eigenvalue weighted by atomic mass is 16.5. The number of hydrogen-bond acceptors (Lipinski definition) is 4. The van der Waals surface area contributed by atoms with Crippen molar-refractivity contribution in [1.29, 1.82) is 0 Å². The van der Waals surface area contributed by atoms with Gasteiger partial charge in [0.05, 0.1) is 6.10 Å². The van der Waals surface area contributed by atoms with E-state index >= 15 is 0 Å². The smallest absolute Gasteiger partial charge is 0.221 e. The van der Waals surface area contributed by atoms with E-state index in [2.05, 4.69) is 10.3 Å². The van der Waals surface area contributed by atoms with Gasteiger partial charge in [0, 0.05) is 0 Å². The van der Waals surface area contributed by atoms with E-state index in [1.807, 2.05) is 24.3 Å². The van der Waals surface area contributed by atoms with E-state index in [0.717, 1.165) is 37.0 Å². The molecule has 1 aliphatic rings. The Balaban J connectivity index is 1.64. The number of oxazole rings is 1. The minimum atomic E-state index is 0.339. The second kappa shape index (κ2) is 4.85. The van der Waals surface area contributed by atoms with Crippen LogP contribution >= 0.6 is 0 Å². The summed E-state index contributed by atoms with van der Waals surface area (Å²) >= 11 is 0. The molecule has 2 aromatic rings. The second-order valence-corrected chi connectivity index (χ2v) is 4.34. The molecule has 17 heavy (non-hydrogen) atoms. The molecule has 1 aromatic carbocycles. The fourth-order valence-corrected chi connectivity index (χ4v) is 2.13. The van der Waals surface area contributed by atoms with Gasteiger partial charge in [0.15, 0.2) is 5.58 Å². The molecule has 0 unspecified atom stereocenters. The number of fused-ring (bicyclic) bond motifs is 1. The van der Waals surface area contributed by atoms with Gasteiger partial charge in [-0.3, -0.25) is 0 Å². The Morgan fingerprint density at radius 3 is 2.94 bits per heavy atom. The summed E-state index contributed by atoms with van der Waals surface area (Å²) in [6, 6.07) is 7.79. The zero-order valence-corrected chi connectivity index (χ0v) is 9.69. The molecule has 1 N–H and O–H groups in total. The van der Waals surface area contributed by atoms with Crippen molar-refractivity contribution < 1.29 is 9.15 Å². The molecule has 0 saturated carbocycles. The van der Waals surface area contributed by atoms with Crippen molar-refractivity contribution in [3.05, 3.63) is 30.2 Å². The van der Waals surface area contributed by atoms with Crippen LogP contribution < -0.4 is 5.32 Å². The molecular formula is C13H16N2O2. The average molecular weight is 232 g/mol. The maximum atomic E-state index is 5.80. The predicted molar refractivity (Wildman–Crippen MR) is 64.7 cm³/mol. The molecule has 3 rings (SSSR count). The highest BCUT2D eigenvalue weighted by molar-refractivity contribution is 5.72. The van der Waals surface area contributed by atoms with Crippen LogP contribution in [-0.2, 0) is 11.3 Å². The zero-order chi connectivity index (χ0) is 11.5. The molecule has 0 atom stereocenters. The minimum absolute atomic E-state index is 0.339. The van der Waals surface area contributed by atoms with Crippen LogP contribution in [0.2, 0.25) is 0 Å². The van der Waals surface area contributed by atoms with E-state index in [9.17, 15) is 0 Å². The summed E-state index contributed by atoms with van der Waals surface area (Å²) in [7, 11) is 0. The first-order chi connectivity index (χ1) is 8.42. The van der Waals surface area contributed by atoms with E-state index in [1.54, 1.807) is 0 Å². The van der Waals surface area contributed by atoms with Gasteiger partial charge in [-0.1, -0.05) is 12.1 Å². The number of aromatic nitrogens is 1. The predicted octanol–water partition coefficient (Wildman–Crippen LogP) is 2.10. The largest absolute Gasteiger partial charge is 0.438 e.